The molecule has 2 atom stereocenters. The molecular weight excluding hydrogens is 306 g/mol. The van der Waals surface area contributed by atoms with Crippen molar-refractivity contribution in [1.29, 1.82) is 0 Å². The van der Waals surface area contributed by atoms with Crippen LogP contribution >= 0.6 is 0 Å². The zero-order valence-electron chi connectivity index (χ0n) is 14.8. The van der Waals surface area contributed by atoms with Gasteiger partial charge in [-0.05, 0) is 51.8 Å². The number of likely N-dealkylation sites (tertiary alicyclic amines) is 1. The van der Waals surface area contributed by atoms with Crippen molar-refractivity contribution in [2.75, 3.05) is 13.7 Å². The van der Waals surface area contributed by atoms with Gasteiger partial charge in [0, 0.05) is 19.3 Å². The second kappa shape index (κ2) is 6.81. The molecule has 2 unspecified atom stereocenters. The van der Waals surface area contributed by atoms with Crippen molar-refractivity contribution in [3.05, 3.63) is 41.1 Å². The third kappa shape index (κ3) is 3.11. The second-order valence-electron chi connectivity index (χ2n) is 6.47. The van der Waals surface area contributed by atoms with E-state index in [-0.39, 0.29) is 18.0 Å². The number of hydrogen-bond donors (Lipinski definition) is 0. The van der Waals surface area contributed by atoms with Crippen LogP contribution in [0.25, 0.3) is 0 Å². The van der Waals surface area contributed by atoms with Crippen molar-refractivity contribution in [1.82, 2.24) is 14.7 Å². The molecule has 1 saturated heterocycles. The number of nitrogens with zero attached hydrogens (tertiary/aromatic N) is 3. The smallest absolute Gasteiger partial charge is 0.247 e. The Morgan fingerprint density at radius 2 is 2.25 bits per heavy atom. The average molecular weight is 331 g/mol. The zero-order chi connectivity index (χ0) is 17.3. The summed E-state index contributed by atoms with van der Waals surface area (Å²) in [6.45, 7) is 7.04. The van der Waals surface area contributed by atoms with Gasteiger partial charge in [0.1, 0.15) is 24.2 Å². The number of methoxy groups -OCH3 is 1. The number of hydrogen-bond acceptors (Lipinski definition) is 4. The van der Waals surface area contributed by atoms with E-state index in [1.807, 2.05) is 48.6 Å². The highest BCUT2D eigenvalue weighted by atomic mass is 16.5. The molecule has 1 amide bonds. The first-order valence-corrected chi connectivity index (χ1v) is 8.42. The van der Waals surface area contributed by atoms with Gasteiger partial charge in [0.25, 0.3) is 0 Å². The summed E-state index contributed by atoms with van der Waals surface area (Å²) in [7, 11) is 1.64. The van der Waals surface area contributed by atoms with E-state index >= 15 is 0 Å². The van der Waals surface area contributed by atoms with Gasteiger partial charge in [0.2, 0.25) is 5.91 Å². The minimum atomic E-state index is -0.312. The summed E-state index contributed by atoms with van der Waals surface area (Å²) in [5.74, 6) is 1.72. The van der Waals surface area contributed by atoms with Gasteiger partial charge in [-0.1, -0.05) is 0 Å². The number of ether oxygens (including phenoxy) is 1. The molecule has 130 valence electrons. The lowest BCUT2D eigenvalue weighted by Gasteiger charge is -2.27. The van der Waals surface area contributed by atoms with Crippen LogP contribution in [-0.2, 0) is 16.1 Å². The van der Waals surface area contributed by atoms with Gasteiger partial charge in [-0.15, -0.1) is 0 Å². The second-order valence-corrected chi connectivity index (χ2v) is 6.47. The van der Waals surface area contributed by atoms with Gasteiger partial charge >= 0.3 is 0 Å². The van der Waals surface area contributed by atoms with Crippen molar-refractivity contribution in [3.63, 3.8) is 0 Å². The normalized spacial score (nSPS) is 19.0. The van der Waals surface area contributed by atoms with Crippen LogP contribution in [0.15, 0.2) is 22.6 Å². The molecule has 6 heteroatoms. The number of rotatable bonds is 5. The molecule has 1 fully saturated rings. The van der Waals surface area contributed by atoms with Crippen molar-refractivity contribution in [3.8, 4) is 0 Å². The molecule has 0 radical (unpaired) electrons. The van der Waals surface area contributed by atoms with Crippen LogP contribution in [0.1, 0.15) is 54.8 Å². The number of carbonyl (C=O) groups excluding carboxylic acids is 1. The first kappa shape index (κ1) is 16.8. The maximum atomic E-state index is 13.0. The Kier molecular flexibility index (Phi) is 4.76. The van der Waals surface area contributed by atoms with Crippen LogP contribution in [0, 0.1) is 13.8 Å². The first-order chi connectivity index (χ1) is 11.5. The highest BCUT2D eigenvalue weighted by Crippen LogP contribution is 2.34. The minimum Gasteiger partial charge on any atom is -0.461 e. The van der Waals surface area contributed by atoms with Gasteiger partial charge in [-0.3, -0.25) is 9.48 Å². The minimum absolute atomic E-state index is 0.00233. The molecule has 0 bridgehead atoms. The molecule has 3 rings (SSSR count). The number of furan rings is 1. The lowest BCUT2D eigenvalue weighted by atomic mass is 10.1. The standard InChI is InChI=1S/C18H25N3O3/c1-12-10-13(2)21(19-12)14(3)18(22)20-9-5-6-16(20)17-8-7-15(24-17)11-23-4/h7-8,10,14,16H,5-6,9,11H2,1-4H3. The quantitative estimate of drug-likeness (QED) is 0.844. The molecule has 0 aromatic carbocycles. The monoisotopic (exact) mass is 331 g/mol. The third-order valence-corrected chi connectivity index (χ3v) is 4.60. The van der Waals surface area contributed by atoms with Crippen LogP contribution in [0.4, 0.5) is 0 Å². The van der Waals surface area contributed by atoms with Crippen LogP contribution in [0.3, 0.4) is 0 Å². The van der Waals surface area contributed by atoms with E-state index in [0.29, 0.717) is 6.61 Å². The predicted octanol–water partition coefficient (Wildman–Crippen LogP) is 3.16. The Hall–Kier alpha value is -2.08. The Morgan fingerprint density at radius 1 is 1.46 bits per heavy atom. The fraction of sp³-hybridized carbons (Fsp3) is 0.556. The van der Waals surface area contributed by atoms with Gasteiger partial charge in [-0.2, -0.15) is 5.10 Å². The summed E-state index contributed by atoms with van der Waals surface area (Å²) in [6, 6.07) is 5.56. The number of carbonyl (C=O) groups is 1. The molecule has 0 N–H and O–H groups in total. The van der Waals surface area contributed by atoms with Crippen LogP contribution < -0.4 is 0 Å². The molecule has 1 aliphatic rings. The van der Waals surface area contributed by atoms with Crippen LogP contribution in [0.5, 0.6) is 0 Å². The van der Waals surface area contributed by atoms with E-state index < -0.39 is 0 Å². The summed E-state index contributed by atoms with van der Waals surface area (Å²) in [5, 5.41) is 4.46. The SMILES string of the molecule is COCc1ccc(C2CCCN2C(=O)C(C)n2nc(C)cc2C)o1. The molecule has 0 aliphatic carbocycles. The predicted molar refractivity (Wildman–Crippen MR) is 89.5 cm³/mol. The van der Waals surface area contributed by atoms with E-state index in [9.17, 15) is 4.79 Å². The largest absolute Gasteiger partial charge is 0.461 e. The molecule has 3 heterocycles. The Morgan fingerprint density at radius 3 is 2.92 bits per heavy atom. The highest BCUT2D eigenvalue weighted by Gasteiger charge is 2.35. The molecule has 24 heavy (non-hydrogen) atoms. The highest BCUT2D eigenvalue weighted by molar-refractivity contribution is 5.80. The fourth-order valence-electron chi connectivity index (χ4n) is 3.50. The Bertz CT molecular complexity index is 719. The third-order valence-electron chi connectivity index (χ3n) is 4.60. The van der Waals surface area contributed by atoms with E-state index in [2.05, 4.69) is 5.10 Å². The molecule has 6 nitrogen and oxygen atoms in total. The van der Waals surface area contributed by atoms with Gasteiger partial charge in [0.05, 0.1) is 11.7 Å². The molecule has 0 saturated carbocycles. The molecular formula is C18H25N3O3. The maximum absolute atomic E-state index is 13.0. The topological polar surface area (TPSA) is 60.5 Å². The first-order valence-electron chi connectivity index (χ1n) is 8.42. The van der Waals surface area contributed by atoms with Crippen LogP contribution in [0.2, 0.25) is 0 Å². The summed E-state index contributed by atoms with van der Waals surface area (Å²) in [5.41, 5.74) is 1.94. The molecule has 1 aliphatic heterocycles. The molecule has 0 spiro atoms. The van der Waals surface area contributed by atoms with Crippen molar-refractivity contribution >= 4 is 5.91 Å². The number of aryl methyl sites for hydroxylation is 2. The van der Waals surface area contributed by atoms with E-state index in [0.717, 1.165) is 42.3 Å². The van der Waals surface area contributed by atoms with E-state index in [4.69, 9.17) is 9.15 Å². The van der Waals surface area contributed by atoms with Gasteiger partial charge in [0.15, 0.2) is 0 Å². The number of aromatic nitrogens is 2. The van der Waals surface area contributed by atoms with Crippen molar-refractivity contribution in [2.45, 2.75) is 52.3 Å². The lowest BCUT2D eigenvalue weighted by molar-refractivity contribution is -0.135. The van der Waals surface area contributed by atoms with Gasteiger partial charge < -0.3 is 14.1 Å². The summed E-state index contributed by atoms with van der Waals surface area (Å²) >= 11 is 0. The average Bonchev–Trinajstić information content (AvgIpc) is 3.25. The Labute approximate surface area is 142 Å². The van der Waals surface area contributed by atoms with E-state index in [1.54, 1.807) is 7.11 Å². The molecule has 2 aromatic rings. The maximum Gasteiger partial charge on any atom is 0.247 e. The van der Waals surface area contributed by atoms with Crippen molar-refractivity contribution in [2.24, 2.45) is 0 Å². The van der Waals surface area contributed by atoms with E-state index in [1.165, 1.54) is 0 Å². The zero-order valence-corrected chi connectivity index (χ0v) is 14.8. The lowest BCUT2D eigenvalue weighted by Crippen LogP contribution is -2.36. The Balaban J connectivity index is 1.79. The van der Waals surface area contributed by atoms with Crippen LogP contribution in [-0.4, -0.2) is 34.2 Å². The van der Waals surface area contributed by atoms with Gasteiger partial charge in [-0.25, -0.2) is 0 Å². The molecule has 2 aromatic heterocycles. The summed E-state index contributed by atoms with van der Waals surface area (Å²) in [4.78, 5) is 14.9. The summed E-state index contributed by atoms with van der Waals surface area (Å²) in [6.07, 6.45) is 1.91. The van der Waals surface area contributed by atoms with Crippen molar-refractivity contribution < 1.29 is 13.9 Å². The fourth-order valence-corrected chi connectivity index (χ4v) is 3.50. The summed E-state index contributed by atoms with van der Waals surface area (Å²) < 4.78 is 12.8. The number of amides is 1.